The van der Waals surface area contributed by atoms with Gasteiger partial charge in [0.25, 0.3) is 0 Å². The minimum atomic E-state index is -0.981. The van der Waals surface area contributed by atoms with E-state index in [1.54, 1.807) is 0 Å². The number of ketones is 1. The highest BCUT2D eigenvalue weighted by Gasteiger charge is 2.24. The lowest BCUT2D eigenvalue weighted by Crippen LogP contribution is -2.31. The third kappa shape index (κ3) is 2.31. The topological polar surface area (TPSA) is 63.6 Å². The van der Waals surface area contributed by atoms with Crippen LogP contribution in [0.2, 0.25) is 0 Å². The van der Waals surface area contributed by atoms with E-state index in [9.17, 15) is 9.59 Å². The number of Topliss-reactive ketones (excluding diaryl/α,β-unsaturated/α-hetero) is 1. The molecule has 11 heavy (non-hydrogen) atoms. The molecule has 0 aliphatic carbocycles. The van der Waals surface area contributed by atoms with E-state index in [0.717, 1.165) is 6.42 Å². The average molecular weight is 158 g/mol. The van der Waals surface area contributed by atoms with Crippen LogP contribution in [-0.4, -0.2) is 29.6 Å². The van der Waals surface area contributed by atoms with Crippen molar-refractivity contribution in [2.75, 3.05) is 6.61 Å². The second-order valence-corrected chi connectivity index (χ2v) is 2.53. The summed E-state index contributed by atoms with van der Waals surface area (Å²) in [6.45, 7) is 0.504. The molecule has 1 saturated heterocycles. The molecule has 0 aromatic heterocycles. The Morgan fingerprint density at radius 1 is 1.73 bits per heavy atom. The van der Waals surface area contributed by atoms with Crippen LogP contribution in [0.5, 0.6) is 0 Å². The Hall–Kier alpha value is -0.900. The van der Waals surface area contributed by atoms with Crippen LogP contribution in [0.4, 0.5) is 0 Å². The summed E-state index contributed by atoms with van der Waals surface area (Å²) in [4.78, 5) is 21.1. The van der Waals surface area contributed by atoms with E-state index in [4.69, 9.17) is 9.84 Å². The van der Waals surface area contributed by atoms with Gasteiger partial charge in [0.1, 0.15) is 6.10 Å². The van der Waals surface area contributed by atoms with Crippen LogP contribution in [0.3, 0.4) is 0 Å². The summed E-state index contributed by atoms with van der Waals surface area (Å²) in [5, 5.41) is 8.35. The van der Waals surface area contributed by atoms with Gasteiger partial charge in [-0.15, -0.1) is 0 Å². The number of hydrogen-bond donors (Lipinski definition) is 1. The second-order valence-electron chi connectivity index (χ2n) is 2.53. The highest BCUT2D eigenvalue weighted by Crippen LogP contribution is 2.11. The molecule has 0 amide bonds. The number of rotatable bonds is 2. The monoisotopic (exact) mass is 158 g/mol. The summed E-state index contributed by atoms with van der Waals surface area (Å²) in [6, 6.07) is 0. The van der Waals surface area contributed by atoms with Crippen molar-refractivity contribution in [3.05, 3.63) is 0 Å². The zero-order valence-corrected chi connectivity index (χ0v) is 6.08. The highest BCUT2D eigenvalue weighted by atomic mass is 16.5. The van der Waals surface area contributed by atoms with E-state index in [0.29, 0.717) is 13.0 Å². The van der Waals surface area contributed by atoms with Gasteiger partial charge in [0.05, 0.1) is 6.42 Å². The normalized spacial score (nSPS) is 25.1. The van der Waals surface area contributed by atoms with Crippen LogP contribution in [0.15, 0.2) is 0 Å². The molecule has 1 atom stereocenters. The lowest BCUT2D eigenvalue weighted by Gasteiger charge is -2.19. The van der Waals surface area contributed by atoms with E-state index in [2.05, 4.69) is 0 Å². The smallest absolute Gasteiger partial charge is 0.306 e. The van der Waals surface area contributed by atoms with E-state index in [1.807, 2.05) is 0 Å². The minimum Gasteiger partial charge on any atom is -0.481 e. The Bertz CT molecular complexity index is 175. The number of ether oxygens (including phenoxy) is 1. The average Bonchev–Trinajstić information content (AvgIpc) is 1.93. The van der Waals surface area contributed by atoms with Crippen molar-refractivity contribution in [2.45, 2.75) is 25.4 Å². The lowest BCUT2D eigenvalue weighted by atomic mass is 10.1. The Kier molecular flexibility index (Phi) is 2.59. The van der Waals surface area contributed by atoms with Gasteiger partial charge in [0, 0.05) is 13.0 Å². The maximum atomic E-state index is 10.9. The molecule has 0 spiro atoms. The molecule has 0 radical (unpaired) electrons. The van der Waals surface area contributed by atoms with Crippen LogP contribution in [-0.2, 0) is 14.3 Å². The van der Waals surface area contributed by atoms with E-state index in [-0.39, 0.29) is 12.2 Å². The summed E-state index contributed by atoms with van der Waals surface area (Å²) >= 11 is 0. The SMILES string of the molecule is O=C(O)CC1OCCCC1=O. The molecule has 1 rings (SSSR count). The first-order valence-electron chi connectivity index (χ1n) is 3.56. The van der Waals surface area contributed by atoms with Gasteiger partial charge in [0.2, 0.25) is 0 Å². The van der Waals surface area contributed by atoms with Crippen LogP contribution in [0.1, 0.15) is 19.3 Å². The second kappa shape index (κ2) is 3.48. The Labute approximate surface area is 64.2 Å². The lowest BCUT2D eigenvalue weighted by molar-refractivity contribution is -0.148. The first kappa shape index (κ1) is 8.20. The summed E-state index contributed by atoms with van der Waals surface area (Å²) in [5.74, 6) is -1.07. The number of aliphatic carboxylic acids is 1. The van der Waals surface area contributed by atoms with Gasteiger partial charge < -0.3 is 9.84 Å². The van der Waals surface area contributed by atoms with Crippen molar-refractivity contribution in [2.24, 2.45) is 0 Å². The highest BCUT2D eigenvalue weighted by molar-refractivity contribution is 5.87. The molecular formula is C7H10O4. The molecule has 1 heterocycles. The van der Waals surface area contributed by atoms with Crippen LogP contribution in [0, 0.1) is 0 Å². The van der Waals surface area contributed by atoms with Crippen LogP contribution < -0.4 is 0 Å². The summed E-state index contributed by atoms with van der Waals surface area (Å²) in [5.41, 5.74) is 0. The van der Waals surface area contributed by atoms with Gasteiger partial charge in [-0.2, -0.15) is 0 Å². The molecule has 4 nitrogen and oxygen atoms in total. The standard InChI is InChI=1S/C7H10O4/c8-5-2-1-3-11-6(5)4-7(9)10/h6H,1-4H2,(H,9,10). The molecule has 0 aromatic carbocycles. The van der Waals surface area contributed by atoms with Crippen molar-refractivity contribution in [1.82, 2.24) is 0 Å². The molecule has 0 saturated carbocycles. The Balaban J connectivity index is 2.42. The van der Waals surface area contributed by atoms with Gasteiger partial charge >= 0.3 is 5.97 Å². The molecule has 62 valence electrons. The first-order valence-corrected chi connectivity index (χ1v) is 3.56. The van der Waals surface area contributed by atoms with Crippen molar-refractivity contribution < 1.29 is 19.4 Å². The Morgan fingerprint density at radius 2 is 2.45 bits per heavy atom. The van der Waals surface area contributed by atoms with E-state index < -0.39 is 12.1 Å². The zero-order valence-electron chi connectivity index (χ0n) is 6.08. The zero-order chi connectivity index (χ0) is 8.27. The maximum absolute atomic E-state index is 10.9. The fraction of sp³-hybridized carbons (Fsp3) is 0.714. The third-order valence-corrected chi connectivity index (χ3v) is 1.61. The van der Waals surface area contributed by atoms with Gasteiger partial charge in [-0.25, -0.2) is 0 Å². The molecule has 1 N–H and O–H groups in total. The molecule has 1 aliphatic heterocycles. The van der Waals surface area contributed by atoms with Crippen molar-refractivity contribution in [3.8, 4) is 0 Å². The van der Waals surface area contributed by atoms with Gasteiger partial charge in [0.15, 0.2) is 5.78 Å². The fourth-order valence-corrected chi connectivity index (χ4v) is 1.06. The molecular weight excluding hydrogens is 148 g/mol. The predicted molar refractivity (Wildman–Crippen MR) is 36.2 cm³/mol. The summed E-state index contributed by atoms with van der Waals surface area (Å²) in [6.07, 6.45) is 0.285. The molecule has 4 heteroatoms. The number of carboxylic acid groups (broad SMARTS) is 1. The van der Waals surface area contributed by atoms with Gasteiger partial charge in [-0.1, -0.05) is 0 Å². The van der Waals surface area contributed by atoms with Gasteiger partial charge in [-0.05, 0) is 6.42 Å². The molecule has 0 bridgehead atoms. The molecule has 1 unspecified atom stereocenters. The van der Waals surface area contributed by atoms with E-state index in [1.165, 1.54) is 0 Å². The summed E-state index contributed by atoms with van der Waals surface area (Å²) < 4.78 is 4.97. The molecule has 0 aromatic rings. The van der Waals surface area contributed by atoms with Crippen molar-refractivity contribution >= 4 is 11.8 Å². The van der Waals surface area contributed by atoms with Crippen molar-refractivity contribution in [1.29, 1.82) is 0 Å². The van der Waals surface area contributed by atoms with Crippen LogP contribution in [0.25, 0.3) is 0 Å². The largest absolute Gasteiger partial charge is 0.481 e. The maximum Gasteiger partial charge on any atom is 0.306 e. The Morgan fingerprint density at radius 3 is 3.00 bits per heavy atom. The third-order valence-electron chi connectivity index (χ3n) is 1.61. The first-order chi connectivity index (χ1) is 5.20. The number of carboxylic acids is 1. The van der Waals surface area contributed by atoms with Gasteiger partial charge in [-0.3, -0.25) is 9.59 Å². The van der Waals surface area contributed by atoms with E-state index >= 15 is 0 Å². The molecule has 1 fully saturated rings. The van der Waals surface area contributed by atoms with Crippen molar-refractivity contribution in [3.63, 3.8) is 0 Å². The molecule has 1 aliphatic rings. The summed E-state index contributed by atoms with van der Waals surface area (Å²) in [7, 11) is 0. The number of hydrogen-bond acceptors (Lipinski definition) is 3. The predicted octanol–water partition coefficient (Wildman–Crippen LogP) is 0.209. The number of carbonyl (C=O) groups excluding carboxylic acids is 1. The minimum absolute atomic E-state index is 0.0846. The number of carbonyl (C=O) groups is 2. The fourth-order valence-electron chi connectivity index (χ4n) is 1.06. The quantitative estimate of drug-likeness (QED) is 0.623. The van der Waals surface area contributed by atoms with Crippen LogP contribution >= 0.6 is 0 Å².